The van der Waals surface area contributed by atoms with Crippen molar-refractivity contribution in [2.75, 3.05) is 0 Å². The second-order valence-electron chi connectivity index (χ2n) is 2.33. The summed E-state index contributed by atoms with van der Waals surface area (Å²) < 4.78 is 59.9. The summed E-state index contributed by atoms with van der Waals surface area (Å²) in [4.78, 5) is 0. The Balaban J connectivity index is 3.94. The molecule has 0 N–H and O–H groups in total. The molecule has 0 aromatic carbocycles. The lowest BCUT2D eigenvalue weighted by Gasteiger charge is -2.17. The van der Waals surface area contributed by atoms with Crippen LogP contribution in [0, 0.1) is 0 Å². The molecule has 0 fully saturated rings. The highest BCUT2D eigenvalue weighted by atomic mass is 19.3. The van der Waals surface area contributed by atoms with E-state index in [0.29, 0.717) is 6.08 Å². The Bertz CT molecular complexity index is 143. The normalized spacial score (nSPS) is 14.8. The molecule has 1 atom stereocenters. The molecule has 0 amide bonds. The van der Waals surface area contributed by atoms with Crippen LogP contribution in [0.5, 0.6) is 0 Å². The number of alkyl halides is 5. The van der Waals surface area contributed by atoms with Gasteiger partial charge in [-0.05, 0) is 0 Å². The van der Waals surface area contributed by atoms with Crippen molar-refractivity contribution >= 4 is 0 Å². The minimum atomic E-state index is -3.72. The van der Waals surface area contributed by atoms with Gasteiger partial charge in [0.2, 0.25) is 6.43 Å². The van der Waals surface area contributed by atoms with E-state index in [1.165, 1.54) is 0 Å². The van der Waals surface area contributed by atoms with E-state index >= 15 is 0 Å². The Kier molecular flexibility index (Phi) is 4.20. The van der Waals surface area contributed by atoms with Crippen LogP contribution in [0.1, 0.15) is 12.8 Å². The Morgan fingerprint density at radius 1 is 1.25 bits per heavy atom. The van der Waals surface area contributed by atoms with Gasteiger partial charge >= 0.3 is 0 Å². The van der Waals surface area contributed by atoms with Crippen LogP contribution in [0.25, 0.3) is 0 Å². The van der Waals surface area contributed by atoms with Gasteiger partial charge in [-0.25, -0.2) is 22.0 Å². The smallest absolute Gasteiger partial charge is 0.236 e. The van der Waals surface area contributed by atoms with E-state index in [4.69, 9.17) is 0 Å². The van der Waals surface area contributed by atoms with Crippen LogP contribution in [0.2, 0.25) is 0 Å². The first-order chi connectivity index (χ1) is 5.40. The molecule has 0 nitrogen and oxygen atoms in total. The summed E-state index contributed by atoms with van der Waals surface area (Å²) in [6.45, 7) is 2.81. The number of allylic oxidation sites excluding steroid dienone is 1. The highest BCUT2D eigenvalue weighted by molar-refractivity contribution is 4.90. The van der Waals surface area contributed by atoms with E-state index in [0.717, 1.165) is 0 Å². The van der Waals surface area contributed by atoms with Gasteiger partial charge in [0.15, 0.2) is 6.17 Å². The zero-order chi connectivity index (χ0) is 9.78. The zero-order valence-corrected chi connectivity index (χ0v) is 6.24. The largest absolute Gasteiger partial charge is 0.282 e. The van der Waals surface area contributed by atoms with E-state index in [9.17, 15) is 22.0 Å². The number of hydrogen-bond acceptors (Lipinski definition) is 0. The fourth-order valence-electron chi connectivity index (χ4n) is 0.612. The van der Waals surface area contributed by atoms with Crippen molar-refractivity contribution in [1.82, 2.24) is 0 Å². The second kappa shape index (κ2) is 4.42. The molecule has 0 saturated heterocycles. The first-order valence-electron chi connectivity index (χ1n) is 3.32. The van der Waals surface area contributed by atoms with Crippen molar-refractivity contribution in [3.63, 3.8) is 0 Å². The summed E-state index contributed by atoms with van der Waals surface area (Å²) in [6, 6.07) is 0. The van der Waals surface area contributed by atoms with Gasteiger partial charge < -0.3 is 0 Å². The number of halogens is 5. The topological polar surface area (TPSA) is 0 Å². The molecule has 0 aromatic heterocycles. The van der Waals surface area contributed by atoms with E-state index in [-0.39, 0.29) is 0 Å². The summed E-state index contributed by atoms with van der Waals surface area (Å²) in [5, 5.41) is 0. The van der Waals surface area contributed by atoms with Gasteiger partial charge in [0, 0.05) is 12.8 Å². The Morgan fingerprint density at radius 3 is 2.08 bits per heavy atom. The quantitative estimate of drug-likeness (QED) is 0.459. The van der Waals surface area contributed by atoms with Gasteiger partial charge in [0.05, 0.1) is 0 Å². The minimum absolute atomic E-state index is 0.408. The molecule has 0 bridgehead atoms. The molecule has 12 heavy (non-hydrogen) atoms. The first kappa shape index (κ1) is 11.4. The highest BCUT2D eigenvalue weighted by Gasteiger charge is 2.38. The summed E-state index contributed by atoms with van der Waals surface area (Å²) in [5.74, 6) is -3.72. The number of rotatable bonds is 5. The summed E-state index contributed by atoms with van der Waals surface area (Å²) in [6.07, 6.45) is -7.12. The van der Waals surface area contributed by atoms with Crippen LogP contribution < -0.4 is 0 Å². The van der Waals surface area contributed by atoms with Crippen molar-refractivity contribution < 1.29 is 22.0 Å². The third kappa shape index (κ3) is 3.69. The average molecular weight is 188 g/mol. The number of hydrogen-bond donors (Lipinski definition) is 0. The lowest BCUT2D eigenvalue weighted by atomic mass is 10.1. The van der Waals surface area contributed by atoms with Crippen molar-refractivity contribution in [2.45, 2.75) is 31.4 Å². The van der Waals surface area contributed by atoms with Gasteiger partial charge in [-0.1, -0.05) is 12.7 Å². The molecule has 1 unspecified atom stereocenters. The van der Waals surface area contributed by atoms with Crippen LogP contribution in [-0.4, -0.2) is 18.5 Å². The van der Waals surface area contributed by atoms with Crippen LogP contribution in [0.4, 0.5) is 22.0 Å². The van der Waals surface area contributed by atoms with Gasteiger partial charge in [-0.2, -0.15) is 0 Å². The molecule has 0 aliphatic rings. The van der Waals surface area contributed by atoms with Crippen LogP contribution in [-0.2, 0) is 0 Å². The van der Waals surface area contributed by atoms with Crippen molar-refractivity contribution in [2.24, 2.45) is 0 Å². The SMILES string of the molecule is C=CC(F)C(F)(F)CCC(F)F. The molecule has 0 saturated carbocycles. The van der Waals surface area contributed by atoms with E-state index in [2.05, 4.69) is 6.58 Å². The van der Waals surface area contributed by atoms with Crippen LogP contribution in [0.3, 0.4) is 0 Å². The second-order valence-corrected chi connectivity index (χ2v) is 2.33. The highest BCUT2D eigenvalue weighted by Crippen LogP contribution is 2.28. The summed E-state index contributed by atoms with van der Waals surface area (Å²) in [5.41, 5.74) is 0. The maximum atomic E-state index is 12.4. The fourth-order valence-corrected chi connectivity index (χ4v) is 0.612. The third-order valence-electron chi connectivity index (χ3n) is 1.31. The minimum Gasteiger partial charge on any atom is -0.236 e. The lowest BCUT2D eigenvalue weighted by Crippen LogP contribution is -2.28. The molecule has 0 rings (SSSR count). The molecule has 0 aromatic rings. The molecule has 0 aliphatic carbocycles. The van der Waals surface area contributed by atoms with E-state index < -0.39 is 31.4 Å². The molecular weight excluding hydrogens is 179 g/mol. The van der Waals surface area contributed by atoms with Crippen molar-refractivity contribution in [3.8, 4) is 0 Å². The van der Waals surface area contributed by atoms with E-state index in [1.807, 2.05) is 0 Å². The molecule has 0 radical (unpaired) electrons. The predicted octanol–water partition coefficient (Wildman–Crippen LogP) is 3.19. The molecular formula is C7H9F5. The van der Waals surface area contributed by atoms with Crippen molar-refractivity contribution in [3.05, 3.63) is 12.7 Å². The monoisotopic (exact) mass is 188 g/mol. The van der Waals surface area contributed by atoms with Crippen LogP contribution in [0.15, 0.2) is 12.7 Å². The third-order valence-corrected chi connectivity index (χ3v) is 1.31. The fraction of sp³-hybridized carbons (Fsp3) is 0.714. The maximum Gasteiger partial charge on any atom is 0.282 e. The standard InChI is InChI=1S/C7H9F5/c1-2-5(8)7(11,12)4-3-6(9)10/h2,5-6H,1,3-4H2. The molecule has 72 valence electrons. The Hall–Kier alpha value is -0.610. The molecule has 0 aliphatic heterocycles. The van der Waals surface area contributed by atoms with Gasteiger partial charge in [-0.15, -0.1) is 0 Å². The zero-order valence-electron chi connectivity index (χ0n) is 6.24. The van der Waals surface area contributed by atoms with Crippen molar-refractivity contribution in [1.29, 1.82) is 0 Å². The lowest BCUT2D eigenvalue weighted by molar-refractivity contribution is -0.0704. The van der Waals surface area contributed by atoms with Gasteiger partial charge in [-0.3, -0.25) is 0 Å². The molecule has 0 spiro atoms. The predicted molar refractivity (Wildman–Crippen MR) is 35.3 cm³/mol. The van der Waals surface area contributed by atoms with Gasteiger partial charge in [0.25, 0.3) is 5.92 Å². The molecule has 5 heteroatoms. The van der Waals surface area contributed by atoms with Gasteiger partial charge in [0.1, 0.15) is 0 Å². The Morgan fingerprint density at radius 2 is 1.75 bits per heavy atom. The van der Waals surface area contributed by atoms with Crippen LogP contribution >= 0.6 is 0 Å². The van der Waals surface area contributed by atoms with E-state index in [1.54, 1.807) is 0 Å². The average Bonchev–Trinajstić information content (AvgIpc) is 1.99. The maximum absolute atomic E-state index is 12.4. The molecule has 0 heterocycles. The first-order valence-corrected chi connectivity index (χ1v) is 3.32. The Labute approximate surface area is 67.1 Å². The summed E-state index contributed by atoms with van der Waals surface area (Å²) >= 11 is 0. The summed E-state index contributed by atoms with van der Waals surface area (Å²) in [7, 11) is 0.